The number of aryl methyl sites for hydroxylation is 1. The van der Waals surface area contributed by atoms with Crippen LogP contribution in [0.3, 0.4) is 0 Å². The molecule has 0 aliphatic rings. The Kier molecular flexibility index (Phi) is 7.37. The Morgan fingerprint density at radius 2 is 1.93 bits per heavy atom. The summed E-state index contributed by atoms with van der Waals surface area (Å²) >= 11 is 2.33. The molecule has 0 saturated carbocycles. The molecular formula is C10H11IO2Zn. The van der Waals surface area contributed by atoms with Crippen LogP contribution in [0.25, 0.3) is 0 Å². The number of benzene rings is 1. The number of alkyl halides is 1. The minimum atomic E-state index is -0.277. The maximum Gasteiger partial charge on any atom is 0.337 e. The Morgan fingerprint density at radius 1 is 1.36 bits per heavy atom. The summed E-state index contributed by atoms with van der Waals surface area (Å²) in [5.74, 6) is -0.277. The van der Waals surface area contributed by atoms with Crippen LogP contribution in [0.1, 0.15) is 15.9 Å². The Labute approximate surface area is 110 Å². The van der Waals surface area contributed by atoms with Gasteiger partial charge in [0.15, 0.2) is 0 Å². The second-order valence-corrected chi connectivity index (χ2v) is 3.71. The molecule has 0 fully saturated rings. The topological polar surface area (TPSA) is 26.3 Å². The number of rotatable bonds is 3. The van der Waals surface area contributed by atoms with Crippen molar-refractivity contribution in [1.82, 2.24) is 0 Å². The summed E-state index contributed by atoms with van der Waals surface area (Å²) in [5.41, 5.74) is 1.86. The van der Waals surface area contributed by atoms with Crippen molar-refractivity contribution in [3.8, 4) is 0 Å². The van der Waals surface area contributed by atoms with Crippen LogP contribution in [0.2, 0.25) is 0 Å². The van der Waals surface area contributed by atoms with Gasteiger partial charge in [-0.1, -0.05) is 34.7 Å². The van der Waals surface area contributed by atoms with E-state index in [-0.39, 0.29) is 25.4 Å². The number of esters is 1. The van der Waals surface area contributed by atoms with Gasteiger partial charge in [0.05, 0.1) is 12.7 Å². The molecule has 0 radical (unpaired) electrons. The summed E-state index contributed by atoms with van der Waals surface area (Å²) < 4.78 is 5.69. The van der Waals surface area contributed by atoms with Crippen molar-refractivity contribution in [3.05, 3.63) is 35.4 Å². The van der Waals surface area contributed by atoms with Gasteiger partial charge in [0.25, 0.3) is 0 Å². The normalized spacial score (nSPS) is 9.00. The van der Waals surface area contributed by atoms with E-state index in [4.69, 9.17) is 0 Å². The van der Waals surface area contributed by atoms with Crippen LogP contribution in [-0.4, -0.2) is 17.5 Å². The van der Waals surface area contributed by atoms with E-state index in [1.54, 1.807) is 12.1 Å². The van der Waals surface area contributed by atoms with Crippen LogP contribution in [0.4, 0.5) is 0 Å². The van der Waals surface area contributed by atoms with Crippen molar-refractivity contribution in [1.29, 1.82) is 0 Å². The van der Waals surface area contributed by atoms with Crippen LogP contribution >= 0.6 is 22.6 Å². The van der Waals surface area contributed by atoms with Crippen molar-refractivity contribution < 1.29 is 29.0 Å². The quantitative estimate of drug-likeness (QED) is 0.360. The Bertz CT molecular complexity index is 285. The summed E-state index contributed by atoms with van der Waals surface area (Å²) in [6, 6.07) is 7.52. The van der Waals surface area contributed by atoms with Crippen LogP contribution in [0.15, 0.2) is 24.3 Å². The predicted octanol–water partition coefficient (Wildman–Crippen LogP) is 2.45. The molecule has 1 rings (SSSR count). The Morgan fingerprint density at radius 3 is 2.36 bits per heavy atom. The molecule has 0 amide bonds. The van der Waals surface area contributed by atoms with Crippen LogP contribution in [0.5, 0.6) is 0 Å². The molecule has 0 aliphatic heterocycles. The average Bonchev–Trinajstić information content (AvgIpc) is 2.18. The first-order chi connectivity index (χ1) is 6.27. The van der Waals surface area contributed by atoms with Gasteiger partial charge in [-0.15, -0.1) is 0 Å². The van der Waals surface area contributed by atoms with E-state index in [9.17, 15) is 4.79 Å². The fraction of sp³-hybridized carbons (Fsp3) is 0.300. The van der Waals surface area contributed by atoms with Gasteiger partial charge >= 0.3 is 5.97 Å². The number of halogens is 1. The van der Waals surface area contributed by atoms with Gasteiger partial charge < -0.3 is 4.74 Å². The molecule has 0 unspecified atom stereocenters. The molecule has 0 N–H and O–H groups in total. The van der Waals surface area contributed by atoms with Gasteiger partial charge in [-0.25, -0.2) is 4.79 Å². The Balaban J connectivity index is 0.00000169. The van der Waals surface area contributed by atoms with Gasteiger partial charge in [0.1, 0.15) is 0 Å². The number of hydrogen-bond donors (Lipinski definition) is 0. The zero-order valence-corrected chi connectivity index (χ0v) is 13.2. The SMILES string of the molecule is COC(=O)c1ccc(CCI)cc1.[Zn]. The van der Waals surface area contributed by atoms with Gasteiger partial charge in [-0.2, -0.15) is 0 Å². The molecule has 2 nitrogen and oxygen atoms in total. The molecule has 0 saturated heterocycles. The van der Waals surface area contributed by atoms with Crippen LogP contribution in [0, 0.1) is 0 Å². The van der Waals surface area contributed by atoms with Crippen molar-refractivity contribution in [2.75, 3.05) is 11.5 Å². The molecule has 1 aromatic carbocycles. The fourth-order valence-corrected chi connectivity index (χ4v) is 1.66. The molecule has 1 aromatic rings. The molecule has 4 heteroatoms. The third-order valence-corrected chi connectivity index (χ3v) is 2.30. The standard InChI is InChI=1S/C10H11IO2.Zn/c1-13-10(12)9-4-2-8(3-5-9)6-7-11;/h2-5H,6-7H2,1H3;. The molecular weight excluding hydrogens is 344 g/mol. The second kappa shape index (κ2) is 7.35. The molecule has 0 bridgehead atoms. The van der Waals surface area contributed by atoms with E-state index in [1.807, 2.05) is 12.1 Å². The molecule has 0 aromatic heterocycles. The summed E-state index contributed by atoms with van der Waals surface area (Å²) in [6.45, 7) is 0. The predicted molar refractivity (Wildman–Crippen MR) is 60.4 cm³/mol. The molecule has 0 aliphatic carbocycles. The van der Waals surface area contributed by atoms with E-state index in [0.717, 1.165) is 10.8 Å². The summed E-state index contributed by atoms with van der Waals surface area (Å²) in [7, 11) is 1.39. The van der Waals surface area contributed by atoms with Crippen molar-refractivity contribution in [2.24, 2.45) is 0 Å². The van der Waals surface area contributed by atoms with Crippen LogP contribution in [-0.2, 0) is 30.6 Å². The first-order valence-electron chi connectivity index (χ1n) is 4.01. The monoisotopic (exact) mass is 354 g/mol. The summed E-state index contributed by atoms with van der Waals surface area (Å²) in [6.07, 6.45) is 1.04. The Hall–Kier alpha value is 0.0434. The fourth-order valence-electron chi connectivity index (χ4n) is 1.03. The van der Waals surface area contributed by atoms with Gasteiger partial charge in [0, 0.05) is 23.9 Å². The molecule has 0 heterocycles. The van der Waals surface area contributed by atoms with Gasteiger partial charge in [-0.05, 0) is 24.1 Å². The minimum Gasteiger partial charge on any atom is -0.465 e. The van der Waals surface area contributed by atoms with Crippen molar-refractivity contribution in [3.63, 3.8) is 0 Å². The van der Waals surface area contributed by atoms with Gasteiger partial charge in [0.2, 0.25) is 0 Å². The maximum atomic E-state index is 11.1. The number of methoxy groups -OCH3 is 1. The minimum absolute atomic E-state index is 0. The molecule has 72 valence electrons. The third-order valence-electron chi connectivity index (χ3n) is 1.76. The van der Waals surface area contributed by atoms with E-state index in [2.05, 4.69) is 27.3 Å². The largest absolute Gasteiger partial charge is 0.465 e. The first-order valence-corrected chi connectivity index (χ1v) is 5.53. The van der Waals surface area contributed by atoms with E-state index in [1.165, 1.54) is 12.7 Å². The second-order valence-electron chi connectivity index (χ2n) is 2.63. The van der Waals surface area contributed by atoms with E-state index in [0.29, 0.717) is 5.56 Å². The zero-order valence-electron chi connectivity index (χ0n) is 8.13. The number of carbonyl (C=O) groups is 1. The van der Waals surface area contributed by atoms with E-state index < -0.39 is 0 Å². The molecule has 0 atom stereocenters. The van der Waals surface area contributed by atoms with Crippen molar-refractivity contribution in [2.45, 2.75) is 6.42 Å². The zero-order chi connectivity index (χ0) is 9.68. The van der Waals surface area contributed by atoms with E-state index >= 15 is 0 Å². The van der Waals surface area contributed by atoms with Crippen molar-refractivity contribution >= 4 is 28.6 Å². The maximum absolute atomic E-state index is 11.1. The molecule has 14 heavy (non-hydrogen) atoms. The first kappa shape index (κ1) is 14.0. The number of hydrogen-bond acceptors (Lipinski definition) is 2. The summed E-state index contributed by atoms with van der Waals surface area (Å²) in [4.78, 5) is 11.1. The third kappa shape index (κ3) is 4.05. The average molecular weight is 355 g/mol. The number of carbonyl (C=O) groups excluding carboxylic acids is 1. The van der Waals surface area contributed by atoms with Gasteiger partial charge in [-0.3, -0.25) is 0 Å². The number of ether oxygens (including phenoxy) is 1. The van der Waals surface area contributed by atoms with Crippen LogP contribution < -0.4 is 0 Å². The summed E-state index contributed by atoms with van der Waals surface area (Å²) in [5, 5.41) is 0. The molecule has 0 spiro atoms. The smallest absolute Gasteiger partial charge is 0.337 e.